The van der Waals surface area contributed by atoms with Crippen molar-refractivity contribution in [2.24, 2.45) is 10.8 Å². The van der Waals surface area contributed by atoms with Gasteiger partial charge in [-0.15, -0.1) is 0 Å². The van der Waals surface area contributed by atoms with Gasteiger partial charge in [-0.1, -0.05) is 29.4 Å². The van der Waals surface area contributed by atoms with Gasteiger partial charge in [-0.2, -0.15) is 4.98 Å². The standard InChI is InChI=1S/C34H45N13O16P2/c35-19(6-3-4-10-39-34(51)57-14-18-5-1-2-7-20(18)44-45-38)32(49)62-28-23(61-31(27(28)48)47-17-42-26-29(37)40-16-41-30(26)47)15-59-65(55,56)63-22-13-25(46-11-8-24(36)43-33(46)50)60-21(22)9-12-58-64(52,53)54/h1-2,5,7-8,11,16-17,19,21-23,25,27-28,31,48H,3-4,6,9-10,12-15,35H2,(H,39,51)(H,55,56)(H2,36,43,50)(H2,37,40,41)(H2,52,53,54)/t19-,21+,22-,23+,25+,27+,28+,31+/m0/s1. The van der Waals surface area contributed by atoms with E-state index in [1.165, 1.54) is 23.2 Å². The lowest BCUT2D eigenvalue weighted by atomic mass is 10.1. The fraction of sp³-hybridized carbons (Fsp3) is 0.500. The number of nitrogen functional groups attached to an aromatic ring is 2. The minimum absolute atomic E-state index is 0.00999. The molecular formula is C34H45N13O16P2. The summed E-state index contributed by atoms with van der Waals surface area (Å²) in [5, 5.41) is 17.7. The molecule has 3 aromatic heterocycles. The second-order valence-electron chi connectivity index (χ2n) is 14.4. The summed E-state index contributed by atoms with van der Waals surface area (Å²) in [5.41, 5.74) is 26.7. The number of imidazole rings is 1. The monoisotopic (exact) mass is 953 g/mol. The van der Waals surface area contributed by atoms with Gasteiger partial charge in [0.2, 0.25) is 0 Å². The minimum Gasteiger partial charge on any atom is -0.455 e. The Morgan fingerprint density at radius 3 is 2.60 bits per heavy atom. The van der Waals surface area contributed by atoms with E-state index in [2.05, 4.69) is 39.8 Å². The number of benzene rings is 1. The van der Waals surface area contributed by atoms with Gasteiger partial charge >= 0.3 is 33.4 Å². The molecule has 2 fully saturated rings. The Morgan fingerprint density at radius 1 is 1.06 bits per heavy atom. The number of aliphatic hydroxyl groups excluding tert-OH is 1. The Kier molecular flexibility index (Phi) is 16.2. The van der Waals surface area contributed by atoms with E-state index in [0.29, 0.717) is 24.1 Å². The third-order valence-corrected chi connectivity index (χ3v) is 11.4. The molecule has 11 N–H and O–H groups in total. The van der Waals surface area contributed by atoms with E-state index in [9.17, 15) is 33.5 Å². The molecule has 31 heteroatoms. The number of alkyl carbamates (subject to hydrolysis) is 1. The molecule has 5 heterocycles. The molecule has 2 aliphatic heterocycles. The summed E-state index contributed by atoms with van der Waals surface area (Å²) in [4.78, 5) is 85.9. The molecule has 0 bridgehead atoms. The number of azide groups is 1. The number of nitrogens with zero attached hydrogens (tertiary/aromatic N) is 9. The van der Waals surface area contributed by atoms with Gasteiger partial charge in [-0.25, -0.2) is 33.7 Å². The molecule has 65 heavy (non-hydrogen) atoms. The SMILES string of the molecule is [N-]=[N+]=Nc1ccccc1COC(=O)NCCCC[C@H](N)C(=O)O[C@H]1[C@@H](O)[C@H](n2cnc3c(N)ncnc32)O[C@@H]1COP(=O)(O)O[C@H]1C[C@H](n2ccc(N)nc2=O)O[C@@H]1CCOP(=O)(O)O. The number of hydrogen-bond donors (Lipinski definition) is 8. The molecule has 0 saturated carbocycles. The van der Waals surface area contributed by atoms with E-state index < -0.39 is 95.6 Å². The third-order valence-electron chi connectivity index (χ3n) is 9.91. The highest BCUT2D eigenvalue weighted by atomic mass is 31.2. The van der Waals surface area contributed by atoms with Gasteiger partial charge in [-0.05, 0) is 36.4 Å². The number of carbonyl (C=O) groups excluding carboxylic acids is 2. The largest absolute Gasteiger partial charge is 0.472 e. The maximum atomic E-state index is 13.5. The van der Waals surface area contributed by atoms with Gasteiger partial charge in [-0.3, -0.25) is 27.5 Å². The molecule has 1 aromatic carbocycles. The number of amides is 1. The van der Waals surface area contributed by atoms with Gasteiger partial charge in [0.25, 0.3) is 0 Å². The maximum Gasteiger partial charge on any atom is 0.472 e. The van der Waals surface area contributed by atoms with Gasteiger partial charge < -0.3 is 61.3 Å². The van der Waals surface area contributed by atoms with Crippen molar-refractivity contribution in [1.29, 1.82) is 0 Å². The molecule has 1 amide bonds. The molecule has 1 unspecified atom stereocenters. The molecule has 352 valence electrons. The highest BCUT2D eigenvalue weighted by Gasteiger charge is 2.50. The van der Waals surface area contributed by atoms with Crippen LogP contribution in [0.5, 0.6) is 0 Å². The van der Waals surface area contributed by atoms with Crippen LogP contribution in [0, 0.1) is 0 Å². The van der Waals surface area contributed by atoms with Crippen LogP contribution in [-0.4, -0.2) is 117 Å². The van der Waals surface area contributed by atoms with Crippen LogP contribution < -0.4 is 28.2 Å². The zero-order valence-electron chi connectivity index (χ0n) is 33.9. The van der Waals surface area contributed by atoms with Crippen molar-refractivity contribution in [1.82, 2.24) is 34.4 Å². The predicted octanol–water partition coefficient (Wildman–Crippen LogP) is 1.07. The van der Waals surface area contributed by atoms with Crippen molar-refractivity contribution >= 4 is 56.2 Å². The number of esters is 1. The Balaban J connectivity index is 1.08. The van der Waals surface area contributed by atoms with Crippen molar-refractivity contribution in [3.63, 3.8) is 0 Å². The Morgan fingerprint density at radius 2 is 1.85 bits per heavy atom. The van der Waals surface area contributed by atoms with Crippen LogP contribution in [-0.2, 0) is 53.1 Å². The van der Waals surface area contributed by atoms with E-state index in [1.54, 1.807) is 24.3 Å². The molecule has 2 aliphatic rings. The predicted molar refractivity (Wildman–Crippen MR) is 219 cm³/mol. The molecule has 2 saturated heterocycles. The van der Waals surface area contributed by atoms with Crippen LogP contribution in [0.25, 0.3) is 21.6 Å². The zero-order chi connectivity index (χ0) is 46.9. The number of anilines is 2. The van der Waals surface area contributed by atoms with E-state index in [1.807, 2.05) is 0 Å². The van der Waals surface area contributed by atoms with Crippen molar-refractivity contribution < 1.29 is 71.0 Å². The summed E-state index contributed by atoms with van der Waals surface area (Å²) < 4.78 is 65.1. The summed E-state index contributed by atoms with van der Waals surface area (Å²) in [6.07, 6.45) is -6.67. The number of carbonyl (C=O) groups is 2. The lowest BCUT2D eigenvalue weighted by Gasteiger charge is -2.24. The first-order chi connectivity index (χ1) is 30.9. The van der Waals surface area contributed by atoms with Gasteiger partial charge in [0, 0.05) is 36.2 Å². The van der Waals surface area contributed by atoms with Crippen molar-refractivity contribution in [2.45, 2.75) is 87.7 Å². The number of hydrogen-bond acceptors (Lipinski definition) is 21. The number of nitrogens with one attached hydrogen (secondary N) is 1. The number of fused-ring (bicyclic) bond motifs is 1. The lowest BCUT2D eigenvalue weighted by molar-refractivity contribution is -0.158. The molecule has 6 rings (SSSR count). The van der Waals surface area contributed by atoms with E-state index in [0.717, 1.165) is 10.9 Å². The summed E-state index contributed by atoms with van der Waals surface area (Å²) in [7, 11) is -10.1. The summed E-state index contributed by atoms with van der Waals surface area (Å²) in [6.45, 7) is -1.42. The van der Waals surface area contributed by atoms with Crippen LogP contribution in [0.3, 0.4) is 0 Å². The number of aromatic nitrogens is 6. The first-order valence-electron chi connectivity index (χ1n) is 19.5. The molecule has 4 aromatic rings. The first kappa shape index (κ1) is 48.8. The first-order valence-corrected chi connectivity index (χ1v) is 22.6. The fourth-order valence-electron chi connectivity index (χ4n) is 6.82. The van der Waals surface area contributed by atoms with E-state index in [4.69, 9.17) is 60.5 Å². The average Bonchev–Trinajstić information content (AvgIpc) is 3.94. The molecule has 0 spiro atoms. The molecule has 0 radical (unpaired) electrons. The summed E-state index contributed by atoms with van der Waals surface area (Å²) in [6, 6.07) is 6.63. The van der Waals surface area contributed by atoms with Gasteiger partial charge in [0.1, 0.15) is 54.9 Å². The smallest absolute Gasteiger partial charge is 0.455 e. The highest BCUT2D eigenvalue weighted by molar-refractivity contribution is 7.47. The van der Waals surface area contributed by atoms with Crippen molar-refractivity contribution in [3.05, 3.63) is 75.7 Å². The molecule has 9 atom stereocenters. The van der Waals surface area contributed by atoms with Gasteiger partial charge in [0.05, 0.1) is 25.6 Å². The van der Waals surface area contributed by atoms with Crippen molar-refractivity contribution in [2.75, 3.05) is 31.2 Å². The van der Waals surface area contributed by atoms with Crippen molar-refractivity contribution in [3.8, 4) is 0 Å². The number of nitrogens with two attached hydrogens (primary N) is 3. The second-order valence-corrected chi connectivity index (χ2v) is 17.0. The van der Waals surface area contributed by atoms with Crippen LogP contribution >= 0.6 is 15.6 Å². The number of aliphatic hydroxyl groups is 1. The summed E-state index contributed by atoms with van der Waals surface area (Å²) in [5.74, 6) is -1.06. The number of phosphoric acid groups is 2. The minimum atomic E-state index is -5.15. The van der Waals surface area contributed by atoms with Gasteiger partial charge in [0.15, 0.2) is 23.8 Å². The normalized spacial score (nSPS) is 23.4. The number of ether oxygens (including phenoxy) is 4. The Hall–Kier alpha value is -5.64. The Bertz CT molecular complexity index is 2520. The zero-order valence-corrected chi connectivity index (χ0v) is 35.7. The quantitative estimate of drug-likeness (QED) is 0.0145. The fourth-order valence-corrected chi connectivity index (χ4v) is 8.12. The number of rotatable bonds is 21. The van der Waals surface area contributed by atoms with Crippen LogP contribution in [0.15, 0.2) is 59.1 Å². The topological polar surface area (TPSA) is 431 Å². The van der Waals surface area contributed by atoms with E-state index in [-0.39, 0.29) is 55.2 Å². The molecule has 0 aliphatic carbocycles. The average molecular weight is 954 g/mol. The molecular weight excluding hydrogens is 908 g/mol. The van der Waals surface area contributed by atoms with Crippen LogP contribution in [0.4, 0.5) is 22.1 Å². The number of phosphoric ester groups is 2. The highest BCUT2D eigenvalue weighted by Crippen LogP contribution is 2.50. The maximum absolute atomic E-state index is 13.5. The third kappa shape index (κ3) is 13.0. The number of unbranched alkanes of at least 4 members (excludes halogenated alkanes) is 1. The second kappa shape index (κ2) is 21.6. The van der Waals surface area contributed by atoms with E-state index >= 15 is 0 Å². The lowest BCUT2D eigenvalue weighted by Crippen LogP contribution is -2.43. The molecule has 29 nitrogen and oxygen atoms in total. The Labute approximate surface area is 366 Å². The van der Waals surface area contributed by atoms with Crippen LogP contribution in [0.1, 0.15) is 50.1 Å². The van der Waals surface area contributed by atoms with Crippen LogP contribution in [0.2, 0.25) is 0 Å². The summed E-state index contributed by atoms with van der Waals surface area (Å²) >= 11 is 0.